The maximum Gasteiger partial charge on any atom is 0.326 e. The molecule has 22 heavy (non-hydrogen) atoms. The second-order valence-corrected chi connectivity index (χ2v) is 4.79. The third-order valence-electron chi connectivity index (χ3n) is 3.00. The van der Waals surface area contributed by atoms with Crippen LogP contribution in [0.15, 0.2) is 24.3 Å². The number of hydrogen-bond acceptors (Lipinski definition) is 4. The third kappa shape index (κ3) is 5.16. The van der Waals surface area contributed by atoms with Gasteiger partial charge in [-0.2, -0.15) is 0 Å². The van der Waals surface area contributed by atoms with Gasteiger partial charge in [-0.3, -0.25) is 9.59 Å². The number of rotatable bonds is 7. The highest BCUT2D eigenvalue weighted by Gasteiger charge is 2.29. The zero-order chi connectivity index (χ0) is 16.7. The number of carboxylic acids is 1. The van der Waals surface area contributed by atoms with Crippen LogP contribution >= 0.6 is 0 Å². The van der Waals surface area contributed by atoms with Crippen LogP contribution in [-0.4, -0.2) is 35.6 Å². The molecule has 1 aromatic carbocycles. The van der Waals surface area contributed by atoms with Crippen molar-refractivity contribution in [2.45, 2.75) is 26.3 Å². The predicted octanol–water partition coefficient (Wildman–Crippen LogP) is 1.60. The van der Waals surface area contributed by atoms with Gasteiger partial charge in [-0.1, -0.05) is 13.0 Å². The standard InChI is InChI=1S/C15H18FNO5/c1-3-22-12(18)7-9(2)13(15(20)21)17-14(19)10-5-4-6-11(16)8-10/h4-6,8-9,13H,3,7H2,1-2H3,(H,17,19)(H,20,21)/t9-,13-/m0/s1. The van der Waals surface area contributed by atoms with E-state index < -0.39 is 35.6 Å². The molecular formula is C15H18FNO5. The highest BCUT2D eigenvalue weighted by molar-refractivity contribution is 5.96. The number of nitrogens with one attached hydrogen (secondary N) is 1. The van der Waals surface area contributed by atoms with E-state index in [0.29, 0.717) is 0 Å². The smallest absolute Gasteiger partial charge is 0.326 e. The van der Waals surface area contributed by atoms with Gasteiger partial charge in [-0.15, -0.1) is 0 Å². The molecule has 0 aromatic heterocycles. The molecule has 0 spiro atoms. The SMILES string of the molecule is CCOC(=O)C[C@H](C)[C@H](NC(=O)c1cccc(F)c1)C(=O)O. The molecule has 1 amide bonds. The number of benzene rings is 1. The first-order valence-corrected chi connectivity index (χ1v) is 6.80. The van der Waals surface area contributed by atoms with E-state index in [-0.39, 0.29) is 18.6 Å². The van der Waals surface area contributed by atoms with Gasteiger partial charge in [0.2, 0.25) is 0 Å². The minimum absolute atomic E-state index is 0.00887. The molecule has 6 nitrogen and oxygen atoms in total. The minimum atomic E-state index is -1.28. The maximum atomic E-state index is 13.1. The summed E-state index contributed by atoms with van der Waals surface area (Å²) in [6.45, 7) is 3.35. The zero-order valence-corrected chi connectivity index (χ0v) is 12.3. The van der Waals surface area contributed by atoms with Crippen LogP contribution in [0.4, 0.5) is 4.39 Å². The Hall–Kier alpha value is -2.44. The quantitative estimate of drug-likeness (QED) is 0.746. The van der Waals surface area contributed by atoms with Crippen molar-refractivity contribution in [3.05, 3.63) is 35.6 Å². The van der Waals surface area contributed by atoms with Gasteiger partial charge in [-0.05, 0) is 31.0 Å². The monoisotopic (exact) mass is 311 g/mol. The van der Waals surface area contributed by atoms with E-state index in [1.807, 2.05) is 0 Å². The number of ether oxygens (including phenoxy) is 1. The summed E-state index contributed by atoms with van der Waals surface area (Å²) in [5.74, 6) is -3.81. The first-order chi connectivity index (χ1) is 10.3. The number of halogens is 1. The molecular weight excluding hydrogens is 293 g/mol. The Balaban J connectivity index is 2.77. The molecule has 0 saturated carbocycles. The maximum absolute atomic E-state index is 13.1. The van der Waals surface area contributed by atoms with Crippen LogP contribution in [0.3, 0.4) is 0 Å². The Bertz CT molecular complexity index is 561. The minimum Gasteiger partial charge on any atom is -0.480 e. The Labute approximate surface area is 127 Å². The lowest BCUT2D eigenvalue weighted by Crippen LogP contribution is -2.45. The molecule has 0 aliphatic rings. The summed E-state index contributed by atoms with van der Waals surface area (Å²) < 4.78 is 17.8. The summed E-state index contributed by atoms with van der Waals surface area (Å²) >= 11 is 0. The summed E-state index contributed by atoms with van der Waals surface area (Å²) in [4.78, 5) is 34.6. The van der Waals surface area contributed by atoms with Crippen molar-refractivity contribution in [2.75, 3.05) is 6.61 Å². The van der Waals surface area contributed by atoms with E-state index >= 15 is 0 Å². The van der Waals surface area contributed by atoms with Crippen molar-refractivity contribution in [3.63, 3.8) is 0 Å². The Morgan fingerprint density at radius 2 is 2.05 bits per heavy atom. The molecule has 7 heteroatoms. The number of carboxylic acid groups (broad SMARTS) is 1. The number of carbonyl (C=O) groups is 3. The number of aliphatic carboxylic acids is 1. The summed E-state index contributed by atoms with van der Waals surface area (Å²) in [6, 6.07) is 3.62. The molecule has 0 bridgehead atoms. The Morgan fingerprint density at radius 1 is 1.36 bits per heavy atom. The predicted molar refractivity (Wildman–Crippen MR) is 75.7 cm³/mol. The van der Waals surface area contributed by atoms with Crippen LogP contribution in [0.2, 0.25) is 0 Å². The second-order valence-electron chi connectivity index (χ2n) is 4.79. The molecule has 0 saturated heterocycles. The van der Waals surface area contributed by atoms with E-state index in [0.717, 1.165) is 6.07 Å². The lowest BCUT2D eigenvalue weighted by atomic mass is 9.98. The number of hydrogen-bond donors (Lipinski definition) is 2. The van der Waals surface area contributed by atoms with Crippen LogP contribution in [0.25, 0.3) is 0 Å². The second kappa shape index (κ2) is 8.11. The van der Waals surface area contributed by atoms with Crippen LogP contribution < -0.4 is 5.32 Å². The number of amides is 1. The van der Waals surface area contributed by atoms with Gasteiger partial charge < -0.3 is 15.2 Å². The molecule has 1 rings (SSSR count). The van der Waals surface area contributed by atoms with Gasteiger partial charge in [0.25, 0.3) is 5.91 Å². The van der Waals surface area contributed by atoms with E-state index in [1.54, 1.807) is 6.92 Å². The lowest BCUT2D eigenvalue weighted by molar-refractivity contribution is -0.145. The molecule has 0 radical (unpaired) electrons. The first-order valence-electron chi connectivity index (χ1n) is 6.80. The number of esters is 1. The van der Waals surface area contributed by atoms with Crippen LogP contribution in [0.5, 0.6) is 0 Å². The van der Waals surface area contributed by atoms with Crippen LogP contribution in [0.1, 0.15) is 30.6 Å². The molecule has 0 heterocycles. The van der Waals surface area contributed by atoms with Crippen molar-refractivity contribution in [2.24, 2.45) is 5.92 Å². The molecule has 0 unspecified atom stereocenters. The zero-order valence-electron chi connectivity index (χ0n) is 12.3. The average Bonchev–Trinajstić information content (AvgIpc) is 2.44. The van der Waals surface area contributed by atoms with Gasteiger partial charge in [0.15, 0.2) is 0 Å². The molecule has 0 fully saturated rings. The van der Waals surface area contributed by atoms with Crippen molar-refractivity contribution < 1.29 is 28.6 Å². The van der Waals surface area contributed by atoms with Gasteiger partial charge in [0.05, 0.1) is 13.0 Å². The molecule has 120 valence electrons. The first kappa shape index (κ1) is 17.6. The summed E-state index contributed by atoms with van der Waals surface area (Å²) in [5.41, 5.74) is 0.00887. The highest BCUT2D eigenvalue weighted by atomic mass is 19.1. The van der Waals surface area contributed by atoms with E-state index in [1.165, 1.54) is 25.1 Å². The molecule has 0 aliphatic heterocycles. The lowest BCUT2D eigenvalue weighted by Gasteiger charge is -2.20. The molecule has 0 aliphatic carbocycles. The average molecular weight is 311 g/mol. The molecule has 2 atom stereocenters. The fourth-order valence-electron chi connectivity index (χ4n) is 1.90. The van der Waals surface area contributed by atoms with Gasteiger partial charge in [-0.25, -0.2) is 9.18 Å². The number of carbonyl (C=O) groups excluding carboxylic acids is 2. The fraction of sp³-hybridized carbons (Fsp3) is 0.400. The fourth-order valence-corrected chi connectivity index (χ4v) is 1.90. The summed E-state index contributed by atoms with van der Waals surface area (Å²) in [6.07, 6.45) is -0.145. The molecule has 2 N–H and O–H groups in total. The summed E-state index contributed by atoms with van der Waals surface area (Å²) in [7, 11) is 0. The molecule has 1 aromatic rings. The van der Waals surface area contributed by atoms with Gasteiger partial charge in [0.1, 0.15) is 11.9 Å². The Kier molecular flexibility index (Phi) is 6.49. The van der Waals surface area contributed by atoms with Crippen molar-refractivity contribution >= 4 is 17.8 Å². The van der Waals surface area contributed by atoms with Gasteiger partial charge >= 0.3 is 11.9 Å². The van der Waals surface area contributed by atoms with Crippen molar-refractivity contribution in [1.82, 2.24) is 5.32 Å². The van der Waals surface area contributed by atoms with E-state index in [9.17, 15) is 23.9 Å². The van der Waals surface area contributed by atoms with Crippen molar-refractivity contribution in [1.29, 1.82) is 0 Å². The Morgan fingerprint density at radius 3 is 2.59 bits per heavy atom. The normalized spacial score (nSPS) is 13.0. The van der Waals surface area contributed by atoms with E-state index in [2.05, 4.69) is 5.32 Å². The van der Waals surface area contributed by atoms with E-state index in [4.69, 9.17) is 4.74 Å². The largest absolute Gasteiger partial charge is 0.480 e. The topological polar surface area (TPSA) is 92.7 Å². The third-order valence-corrected chi connectivity index (χ3v) is 3.00. The van der Waals surface area contributed by atoms with Crippen LogP contribution in [-0.2, 0) is 14.3 Å². The highest BCUT2D eigenvalue weighted by Crippen LogP contribution is 2.12. The van der Waals surface area contributed by atoms with Gasteiger partial charge in [0, 0.05) is 5.56 Å². The van der Waals surface area contributed by atoms with Crippen molar-refractivity contribution in [3.8, 4) is 0 Å². The van der Waals surface area contributed by atoms with Crippen LogP contribution in [0, 0.1) is 11.7 Å². The summed E-state index contributed by atoms with van der Waals surface area (Å²) in [5, 5.41) is 11.5.